The first-order valence-electron chi connectivity index (χ1n) is 7.12. The van der Waals surface area contributed by atoms with Gasteiger partial charge in [0.1, 0.15) is 12.7 Å². The molecule has 2 rings (SSSR count). The van der Waals surface area contributed by atoms with Crippen molar-refractivity contribution in [2.75, 3.05) is 13.2 Å². The smallest absolute Gasteiger partial charge is 0.237 e. The predicted octanol–water partition coefficient (Wildman–Crippen LogP) is 1.46. The highest BCUT2D eigenvalue weighted by Gasteiger charge is 2.22. The first-order chi connectivity index (χ1) is 9.70. The van der Waals surface area contributed by atoms with Crippen LogP contribution in [0.3, 0.4) is 0 Å². The van der Waals surface area contributed by atoms with Crippen LogP contribution < -0.4 is 20.5 Å². The molecule has 0 aliphatic carbocycles. The Hall–Kier alpha value is -1.75. The molecule has 110 valence electrons. The minimum absolute atomic E-state index is 0.124. The molecular formula is C15H22N2O3. The monoisotopic (exact) mass is 278 g/mol. The Labute approximate surface area is 119 Å². The summed E-state index contributed by atoms with van der Waals surface area (Å²) in [5, 5.41) is 2.82. The molecule has 0 fully saturated rings. The van der Waals surface area contributed by atoms with Crippen LogP contribution >= 0.6 is 0 Å². The van der Waals surface area contributed by atoms with Gasteiger partial charge in [0.15, 0.2) is 11.5 Å². The minimum Gasteiger partial charge on any atom is -0.486 e. The van der Waals surface area contributed by atoms with Crippen LogP contribution in [0.5, 0.6) is 11.5 Å². The predicted molar refractivity (Wildman–Crippen MR) is 76.9 cm³/mol. The molecule has 5 heteroatoms. The zero-order chi connectivity index (χ0) is 14.4. The van der Waals surface area contributed by atoms with Crippen molar-refractivity contribution in [3.05, 3.63) is 24.3 Å². The molecule has 0 radical (unpaired) electrons. The normalized spacial score (nSPS) is 18.4. The summed E-state index contributed by atoms with van der Waals surface area (Å²) in [6, 6.07) is 7.08. The Morgan fingerprint density at radius 1 is 1.45 bits per heavy atom. The standard InChI is InChI=1S/C15H22N2O3/c1-2-3-6-12(16)15(18)17-9-11-10-19-13-7-4-5-8-14(13)20-11/h4-5,7-8,11-12H,2-3,6,9-10,16H2,1H3,(H,17,18). The second-order valence-electron chi connectivity index (χ2n) is 4.99. The first kappa shape index (κ1) is 14.7. The Bertz CT molecular complexity index is 450. The summed E-state index contributed by atoms with van der Waals surface area (Å²) in [6.07, 6.45) is 2.54. The Morgan fingerprint density at radius 2 is 2.20 bits per heavy atom. The van der Waals surface area contributed by atoms with E-state index in [-0.39, 0.29) is 12.0 Å². The van der Waals surface area contributed by atoms with Crippen molar-refractivity contribution in [2.45, 2.75) is 38.3 Å². The van der Waals surface area contributed by atoms with E-state index >= 15 is 0 Å². The lowest BCUT2D eigenvalue weighted by atomic mass is 10.1. The summed E-state index contributed by atoms with van der Waals surface area (Å²) in [7, 11) is 0. The fourth-order valence-electron chi connectivity index (χ4n) is 2.06. The van der Waals surface area contributed by atoms with Crippen molar-refractivity contribution >= 4 is 5.91 Å². The lowest BCUT2D eigenvalue weighted by molar-refractivity contribution is -0.123. The summed E-state index contributed by atoms with van der Waals surface area (Å²) in [5.74, 6) is 1.34. The second-order valence-corrected chi connectivity index (χ2v) is 4.99. The number of unbranched alkanes of at least 4 members (excludes halogenated alkanes) is 1. The molecular weight excluding hydrogens is 256 g/mol. The maximum absolute atomic E-state index is 11.8. The van der Waals surface area contributed by atoms with E-state index in [2.05, 4.69) is 12.2 Å². The molecule has 1 heterocycles. The quantitative estimate of drug-likeness (QED) is 0.826. The third kappa shape index (κ3) is 3.87. The van der Waals surface area contributed by atoms with Crippen LogP contribution in [0.1, 0.15) is 26.2 Å². The highest BCUT2D eigenvalue weighted by atomic mass is 16.6. The molecule has 1 aliphatic heterocycles. The van der Waals surface area contributed by atoms with E-state index in [9.17, 15) is 4.79 Å². The molecule has 0 bridgehead atoms. The molecule has 2 atom stereocenters. The van der Waals surface area contributed by atoms with Gasteiger partial charge in [0.2, 0.25) is 5.91 Å². The van der Waals surface area contributed by atoms with Gasteiger partial charge in [0.25, 0.3) is 0 Å². The fourth-order valence-corrected chi connectivity index (χ4v) is 2.06. The fraction of sp³-hybridized carbons (Fsp3) is 0.533. The number of carbonyl (C=O) groups is 1. The molecule has 0 saturated carbocycles. The maximum Gasteiger partial charge on any atom is 0.237 e. The minimum atomic E-state index is -0.438. The molecule has 5 nitrogen and oxygen atoms in total. The maximum atomic E-state index is 11.8. The summed E-state index contributed by atoms with van der Waals surface area (Å²) >= 11 is 0. The van der Waals surface area contributed by atoms with Gasteiger partial charge < -0.3 is 20.5 Å². The molecule has 20 heavy (non-hydrogen) atoms. The van der Waals surface area contributed by atoms with E-state index in [1.54, 1.807) is 0 Å². The van der Waals surface area contributed by atoms with E-state index < -0.39 is 6.04 Å². The number of para-hydroxylation sites is 2. The van der Waals surface area contributed by atoms with Crippen molar-refractivity contribution < 1.29 is 14.3 Å². The lowest BCUT2D eigenvalue weighted by Gasteiger charge is -2.26. The number of amides is 1. The largest absolute Gasteiger partial charge is 0.486 e. The molecule has 0 saturated heterocycles. The highest BCUT2D eigenvalue weighted by molar-refractivity contribution is 5.81. The molecule has 1 aliphatic rings. The molecule has 0 spiro atoms. The summed E-state index contributed by atoms with van der Waals surface area (Å²) in [4.78, 5) is 11.8. The molecule has 1 amide bonds. The van der Waals surface area contributed by atoms with Crippen LogP contribution in [-0.4, -0.2) is 31.2 Å². The Morgan fingerprint density at radius 3 is 2.95 bits per heavy atom. The molecule has 3 N–H and O–H groups in total. The van der Waals surface area contributed by atoms with Gasteiger partial charge in [-0.2, -0.15) is 0 Å². The number of benzene rings is 1. The van der Waals surface area contributed by atoms with E-state index in [0.717, 1.165) is 18.6 Å². The number of carbonyl (C=O) groups excluding carboxylic acids is 1. The van der Waals surface area contributed by atoms with Crippen molar-refractivity contribution in [1.82, 2.24) is 5.32 Å². The van der Waals surface area contributed by atoms with Gasteiger partial charge in [-0.3, -0.25) is 4.79 Å². The number of nitrogens with two attached hydrogens (primary N) is 1. The molecule has 1 aromatic carbocycles. The van der Waals surface area contributed by atoms with Crippen LogP contribution in [0.15, 0.2) is 24.3 Å². The third-order valence-electron chi connectivity index (χ3n) is 3.28. The van der Waals surface area contributed by atoms with Crippen molar-refractivity contribution in [3.8, 4) is 11.5 Å². The van der Waals surface area contributed by atoms with Crippen molar-refractivity contribution in [3.63, 3.8) is 0 Å². The SMILES string of the molecule is CCCCC(N)C(=O)NCC1COc2ccccc2O1. The zero-order valence-electron chi connectivity index (χ0n) is 11.8. The highest BCUT2D eigenvalue weighted by Crippen LogP contribution is 2.30. The number of hydrogen-bond acceptors (Lipinski definition) is 4. The number of ether oxygens (including phenoxy) is 2. The number of nitrogens with one attached hydrogen (secondary N) is 1. The topological polar surface area (TPSA) is 73.6 Å². The van der Waals surface area contributed by atoms with Gasteiger partial charge in [-0.05, 0) is 18.6 Å². The van der Waals surface area contributed by atoms with E-state index in [4.69, 9.17) is 15.2 Å². The average Bonchev–Trinajstić information content (AvgIpc) is 2.50. The average molecular weight is 278 g/mol. The molecule has 0 aromatic heterocycles. The van der Waals surface area contributed by atoms with Crippen LogP contribution in [0.25, 0.3) is 0 Å². The van der Waals surface area contributed by atoms with Crippen LogP contribution in [0.2, 0.25) is 0 Å². The summed E-state index contributed by atoms with van der Waals surface area (Å²) in [5.41, 5.74) is 5.81. The number of rotatable bonds is 6. The number of hydrogen-bond donors (Lipinski definition) is 2. The lowest BCUT2D eigenvalue weighted by Crippen LogP contribution is -2.46. The Kier molecular flexibility index (Phi) is 5.24. The van der Waals surface area contributed by atoms with Gasteiger partial charge in [-0.15, -0.1) is 0 Å². The van der Waals surface area contributed by atoms with Crippen LogP contribution in [0, 0.1) is 0 Å². The zero-order valence-corrected chi connectivity index (χ0v) is 11.8. The van der Waals surface area contributed by atoms with Gasteiger partial charge in [-0.1, -0.05) is 31.9 Å². The van der Waals surface area contributed by atoms with Gasteiger partial charge in [0, 0.05) is 0 Å². The van der Waals surface area contributed by atoms with Crippen LogP contribution in [-0.2, 0) is 4.79 Å². The van der Waals surface area contributed by atoms with Gasteiger partial charge in [0.05, 0.1) is 12.6 Å². The summed E-state index contributed by atoms with van der Waals surface area (Å²) in [6.45, 7) is 2.92. The first-order valence-corrected chi connectivity index (χ1v) is 7.12. The Balaban J connectivity index is 1.77. The van der Waals surface area contributed by atoms with Crippen molar-refractivity contribution in [2.24, 2.45) is 5.73 Å². The van der Waals surface area contributed by atoms with E-state index in [0.29, 0.717) is 25.3 Å². The van der Waals surface area contributed by atoms with Gasteiger partial charge in [-0.25, -0.2) is 0 Å². The third-order valence-corrected chi connectivity index (χ3v) is 3.28. The van der Waals surface area contributed by atoms with Crippen LogP contribution in [0.4, 0.5) is 0 Å². The van der Waals surface area contributed by atoms with E-state index in [1.807, 2.05) is 24.3 Å². The molecule has 2 unspecified atom stereocenters. The molecule has 1 aromatic rings. The summed E-state index contributed by atoms with van der Waals surface area (Å²) < 4.78 is 11.3. The van der Waals surface area contributed by atoms with E-state index in [1.165, 1.54) is 0 Å². The second kappa shape index (κ2) is 7.14. The van der Waals surface area contributed by atoms with Crippen molar-refractivity contribution in [1.29, 1.82) is 0 Å². The van der Waals surface area contributed by atoms with Gasteiger partial charge >= 0.3 is 0 Å². The number of fused-ring (bicyclic) bond motifs is 1.